The Kier molecular flexibility index (Phi) is 5.45. The van der Waals surface area contributed by atoms with Gasteiger partial charge in [0.2, 0.25) is 5.91 Å². The first-order chi connectivity index (χ1) is 12.5. The molecule has 1 aliphatic heterocycles. The molecule has 0 fully saturated rings. The summed E-state index contributed by atoms with van der Waals surface area (Å²) in [6, 6.07) is 5.93. The molecule has 5 nitrogen and oxygen atoms in total. The summed E-state index contributed by atoms with van der Waals surface area (Å²) in [5.74, 6) is 2.82. The van der Waals surface area contributed by atoms with Crippen LogP contribution in [0.25, 0.3) is 11.1 Å². The Balaban J connectivity index is 1.84. The van der Waals surface area contributed by atoms with Crippen LogP contribution in [0.5, 0.6) is 11.5 Å². The number of fused-ring (bicyclic) bond motifs is 3. The van der Waals surface area contributed by atoms with E-state index in [0.717, 1.165) is 46.6 Å². The summed E-state index contributed by atoms with van der Waals surface area (Å²) in [4.78, 5) is 15.6. The van der Waals surface area contributed by atoms with E-state index in [-0.39, 0.29) is 5.91 Å². The summed E-state index contributed by atoms with van der Waals surface area (Å²) in [5, 5.41) is 2.74. The van der Waals surface area contributed by atoms with Crippen LogP contribution in [-0.2, 0) is 11.4 Å². The zero-order valence-electron chi connectivity index (χ0n) is 15.9. The van der Waals surface area contributed by atoms with Gasteiger partial charge in [-0.2, -0.15) is 0 Å². The topological polar surface area (TPSA) is 60.5 Å². The summed E-state index contributed by atoms with van der Waals surface area (Å²) in [7, 11) is 0. The normalized spacial score (nSPS) is 12.2. The van der Waals surface area contributed by atoms with Crippen molar-refractivity contribution in [2.45, 2.75) is 47.1 Å². The predicted molar refractivity (Wildman–Crippen MR) is 103 cm³/mol. The second-order valence-corrected chi connectivity index (χ2v) is 7.15. The van der Waals surface area contributed by atoms with E-state index in [0.29, 0.717) is 24.9 Å². The zero-order chi connectivity index (χ0) is 18.7. The number of hydrogen-bond donors (Lipinski definition) is 1. The molecule has 2 aromatic rings. The lowest BCUT2D eigenvalue weighted by atomic mass is 9.96. The van der Waals surface area contributed by atoms with Gasteiger partial charge in [0.25, 0.3) is 0 Å². The van der Waals surface area contributed by atoms with Crippen molar-refractivity contribution in [1.29, 1.82) is 0 Å². The quantitative estimate of drug-likeness (QED) is 0.762. The number of rotatable bonds is 6. The molecule has 0 unspecified atom stereocenters. The van der Waals surface area contributed by atoms with E-state index in [9.17, 15) is 4.79 Å². The maximum Gasteiger partial charge on any atom is 0.222 e. The lowest BCUT2D eigenvalue weighted by Gasteiger charge is -2.24. The van der Waals surface area contributed by atoms with Gasteiger partial charge >= 0.3 is 0 Å². The molecule has 1 N–H and O–H groups in total. The summed E-state index contributed by atoms with van der Waals surface area (Å²) >= 11 is 0. The van der Waals surface area contributed by atoms with E-state index in [2.05, 4.69) is 24.1 Å². The zero-order valence-corrected chi connectivity index (χ0v) is 15.9. The van der Waals surface area contributed by atoms with Crippen molar-refractivity contribution in [3.63, 3.8) is 0 Å². The molecule has 0 radical (unpaired) electrons. The van der Waals surface area contributed by atoms with E-state index >= 15 is 0 Å². The molecule has 5 heteroatoms. The SMILES string of the molecule is CC(=O)Nc1cc2c(cn1)COc1c-2ccc(OCCCC(C)C)c1C. The van der Waals surface area contributed by atoms with Crippen molar-refractivity contribution < 1.29 is 14.3 Å². The molecule has 1 aromatic heterocycles. The summed E-state index contributed by atoms with van der Waals surface area (Å²) < 4.78 is 11.9. The van der Waals surface area contributed by atoms with Crippen molar-refractivity contribution in [2.75, 3.05) is 11.9 Å². The second-order valence-electron chi connectivity index (χ2n) is 7.15. The van der Waals surface area contributed by atoms with Crippen LogP contribution in [0.1, 0.15) is 44.7 Å². The van der Waals surface area contributed by atoms with Crippen LogP contribution < -0.4 is 14.8 Å². The van der Waals surface area contributed by atoms with Crippen molar-refractivity contribution in [3.05, 3.63) is 35.5 Å². The highest BCUT2D eigenvalue weighted by Crippen LogP contribution is 2.43. The highest BCUT2D eigenvalue weighted by atomic mass is 16.5. The molecule has 0 spiro atoms. The standard InChI is InChI=1S/C21H26N2O3/c1-13(2)6-5-9-25-19-8-7-17-18-10-20(23-15(4)24)22-11-16(18)12-26-21(17)14(19)3/h7-8,10-11,13H,5-6,9,12H2,1-4H3,(H,22,23,24). The Hall–Kier alpha value is -2.56. The van der Waals surface area contributed by atoms with Gasteiger partial charge in [-0.25, -0.2) is 4.98 Å². The number of carbonyl (C=O) groups is 1. The fourth-order valence-corrected chi connectivity index (χ4v) is 3.15. The number of aromatic nitrogens is 1. The second kappa shape index (κ2) is 7.77. The fourth-order valence-electron chi connectivity index (χ4n) is 3.15. The van der Waals surface area contributed by atoms with Crippen LogP contribution in [0, 0.1) is 12.8 Å². The summed E-state index contributed by atoms with van der Waals surface area (Å²) in [6.07, 6.45) is 3.96. The van der Waals surface area contributed by atoms with Gasteiger partial charge in [0, 0.05) is 29.8 Å². The Labute approximate surface area is 154 Å². The van der Waals surface area contributed by atoms with Crippen molar-refractivity contribution in [3.8, 4) is 22.6 Å². The Morgan fingerprint density at radius 3 is 2.88 bits per heavy atom. The predicted octanol–water partition coefficient (Wildman–Crippen LogP) is 4.72. The van der Waals surface area contributed by atoms with Crippen LogP contribution >= 0.6 is 0 Å². The van der Waals surface area contributed by atoms with Crippen LogP contribution in [0.3, 0.4) is 0 Å². The molecule has 26 heavy (non-hydrogen) atoms. The highest BCUT2D eigenvalue weighted by molar-refractivity contribution is 5.89. The van der Waals surface area contributed by atoms with E-state index in [1.165, 1.54) is 6.92 Å². The number of amides is 1. The minimum absolute atomic E-state index is 0.133. The molecule has 3 rings (SSSR count). The third-order valence-corrected chi connectivity index (χ3v) is 4.49. The van der Waals surface area contributed by atoms with Crippen LogP contribution in [0.2, 0.25) is 0 Å². The summed E-state index contributed by atoms with van der Waals surface area (Å²) in [6.45, 7) is 9.13. The third kappa shape index (κ3) is 3.98. The first kappa shape index (κ1) is 18.2. The molecule has 1 amide bonds. The van der Waals surface area contributed by atoms with E-state index in [1.54, 1.807) is 6.20 Å². The molecule has 1 aromatic carbocycles. The molecule has 1 aliphatic rings. The lowest BCUT2D eigenvalue weighted by Crippen LogP contribution is -2.12. The van der Waals surface area contributed by atoms with Gasteiger partial charge < -0.3 is 14.8 Å². The van der Waals surface area contributed by atoms with Crippen molar-refractivity contribution in [2.24, 2.45) is 5.92 Å². The van der Waals surface area contributed by atoms with Gasteiger partial charge in [0.05, 0.1) is 6.61 Å². The van der Waals surface area contributed by atoms with Crippen LogP contribution in [-0.4, -0.2) is 17.5 Å². The molecule has 0 atom stereocenters. The first-order valence-electron chi connectivity index (χ1n) is 9.11. The molecule has 0 saturated carbocycles. The minimum atomic E-state index is -0.133. The Morgan fingerprint density at radius 1 is 1.35 bits per heavy atom. The van der Waals surface area contributed by atoms with Gasteiger partial charge in [0.1, 0.15) is 23.9 Å². The van der Waals surface area contributed by atoms with Gasteiger partial charge in [-0.3, -0.25) is 4.79 Å². The lowest BCUT2D eigenvalue weighted by molar-refractivity contribution is -0.114. The fraction of sp³-hybridized carbons (Fsp3) is 0.429. The van der Waals surface area contributed by atoms with Gasteiger partial charge in [-0.15, -0.1) is 0 Å². The van der Waals surface area contributed by atoms with Crippen LogP contribution in [0.15, 0.2) is 24.4 Å². The number of hydrogen-bond acceptors (Lipinski definition) is 4. The summed E-state index contributed by atoms with van der Waals surface area (Å²) in [5.41, 5.74) is 4.07. The Morgan fingerprint density at radius 2 is 2.15 bits per heavy atom. The van der Waals surface area contributed by atoms with Gasteiger partial charge in [-0.1, -0.05) is 13.8 Å². The number of nitrogens with zero attached hydrogens (tertiary/aromatic N) is 1. The number of pyridine rings is 1. The number of carbonyl (C=O) groups excluding carboxylic acids is 1. The molecular weight excluding hydrogens is 328 g/mol. The van der Waals surface area contributed by atoms with Gasteiger partial charge in [-0.05, 0) is 49.4 Å². The van der Waals surface area contributed by atoms with Crippen molar-refractivity contribution in [1.82, 2.24) is 4.98 Å². The number of ether oxygens (including phenoxy) is 2. The number of nitrogens with one attached hydrogen (secondary N) is 1. The highest BCUT2D eigenvalue weighted by Gasteiger charge is 2.22. The van der Waals surface area contributed by atoms with E-state index in [1.807, 2.05) is 25.1 Å². The van der Waals surface area contributed by atoms with E-state index < -0.39 is 0 Å². The molecular formula is C21H26N2O3. The Bertz CT molecular complexity index is 815. The number of benzene rings is 1. The smallest absolute Gasteiger partial charge is 0.222 e. The molecule has 0 bridgehead atoms. The monoisotopic (exact) mass is 354 g/mol. The molecule has 2 heterocycles. The van der Waals surface area contributed by atoms with Crippen molar-refractivity contribution >= 4 is 11.7 Å². The third-order valence-electron chi connectivity index (χ3n) is 4.49. The molecule has 0 saturated heterocycles. The molecule has 138 valence electrons. The number of anilines is 1. The maximum atomic E-state index is 11.3. The van der Waals surface area contributed by atoms with Gasteiger partial charge in [0.15, 0.2) is 0 Å². The average Bonchev–Trinajstić information content (AvgIpc) is 2.59. The maximum absolute atomic E-state index is 11.3. The largest absolute Gasteiger partial charge is 0.493 e. The van der Waals surface area contributed by atoms with Crippen LogP contribution in [0.4, 0.5) is 5.82 Å². The average molecular weight is 354 g/mol. The van der Waals surface area contributed by atoms with E-state index in [4.69, 9.17) is 9.47 Å². The molecule has 0 aliphatic carbocycles. The minimum Gasteiger partial charge on any atom is -0.493 e. The first-order valence-corrected chi connectivity index (χ1v) is 9.11.